The smallest absolute Gasteiger partial charge is 0.781 e. The third-order valence-corrected chi connectivity index (χ3v) is 3.00. The number of hydrogen-bond donors (Lipinski definition) is 2. The second-order valence-electron chi connectivity index (χ2n) is 3.93. The summed E-state index contributed by atoms with van der Waals surface area (Å²) in [4.78, 5) is 19.7. The summed E-state index contributed by atoms with van der Waals surface area (Å²) in [6.45, 7) is 3.90. The van der Waals surface area contributed by atoms with E-state index in [-0.39, 0.29) is 37.7 Å². The first-order valence-electron chi connectivity index (χ1n) is 6.44. The minimum absolute atomic E-state index is 0. The molecule has 4 atom stereocenters. The van der Waals surface area contributed by atoms with Gasteiger partial charge in [-0.15, -0.1) is 0 Å². The molecule has 0 bridgehead atoms. The molecule has 0 saturated heterocycles. The molecule has 0 aliphatic rings. The summed E-state index contributed by atoms with van der Waals surface area (Å²) in [6.07, 6.45) is 1.88. The second-order valence-corrected chi connectivity index (χ2v) is 5.40. The fraction of sp³-hybridized carbons (Fsp3) is 1.00. The van der Waals surface area contributed by atoms with Crippen molar-refractivity contribution < 1.29 is 38.2 Å². The Morgan fingerprint density at radius 3 is 1.38 bits per heavy atom. The number of aliphatic hydroxyl groups excluding tert-OH is 2. The molecule has 0 aliphatic carbocycles. The van der Waals surface area contributed by atoms with Gasteiger partial charge < -0.3 is 38.2 Å². The molecule has 0 saturated carbocycles. The van der Waals surface area contributed by atoms with Crippen LogP contribution in [-0.2, 0) is 18.2 Å². The Bertz CT molecular complexity index is 243. The molecule has 0 aliphatic heterocycles. The van der Waals surface area contributed by atoms with E-state index in [0.717, 1.165) is 25.7 Å². The first kappa shape index (κ1) is 27.3. The van der Waals surface area contributed by atoms with Gasteiger partial charge in [0.2, 0.25) is 0 Å². The van der Waals surface area contributed by atoms with E-state index >= 15 is 0 Å². The van der Waals surface area contributed by atoms with Gasteiger partial charge in [0.1, 0.15) is 16.5 Å². The Morgan fingerprint density at radius 2 is 1.19 bits per heavy atom. The van der Waals surface area contributed by atoms with Crippen LogP contribution in [0.4, 0.5) is 0 Å². The van der Waals surface area contributed by atoms with Crippen LogP contribution in [-0.4, -0.2) is 60.5 Å². The van der Waals surface area contributed by atoms with E-state index in [1.54, 1.807) is 0 Å². The Kier molecular flexibility index (Phi) is 25.4. The monoisotopic (exact) mass is 374 g/mol. The molecule has 8 nitrogen and oxygen atoms in total. The standard InChI is InChI=1S/2C5H13O4P.Ca/c2*1-2-3-4-5(6)9-10(7)8;/h2*5-6,10H,2-4H2,1H3,(H,7,8);/q;;+2/p-2. The molecule has 0 fully saturated rings. The second kappa shape index (κ2) is 19.5. The van der Waals surface area contributed by atoms with Gasteiger partial charge >= 0.3 is 37.7 Å². The molecule has 0 heterocycles. The average molecular weight is 374 g/mol. The Labute approximate surface area is 156 Å². The Morgan fingerprint density at radius 1 is 0.905 bits per heavy atom. The van der Waals surface area contributed by atoms with Crippen molar-refractivity contribution in [3.05, 3.63) is 0 Å². The van der Waals surface area contributed by atoms with Crippen molar-refractivity contribution in [1.29, 1.82) is 0 Å². The maximum atomic E-state index is 9.86. The number of rotatable bonds is 10. The van der Waals surface area contributed by atoms with E-state index in [2.05, 4.69) is 9.05 Å². The molecular formula is C10H24CaO8P2. The molecule has 2 N–H and O–H groups in total. The topological polar surface area (TPSA) is 139 Å². The maximum Gasteiger partial charge on any atom is 2.00 e. The van der Waals surface area contributed by atoms with Crippen LogP contribution < -0.4 is 9.79 Å². The molecule has 21 heavy (non-hydrogen) atoms. The molecule has 0 aromatic rings. The van der Waals surface area contributed by atoms with Crippen LogP contribution in [0.25, 0.3) is 0 Å². The minimum Gasteiger partial charge on any atom is -0.781 e. The van der Waals surface area contributed by atoms with E-state index in [1.807, 2.05) is 13.8 Å². The fourth-order valence-corrected chi connectivity index (χ4v) is 1.78. The predicted octanol–water partition coefficient (Wildman–Crippen LogP) is 0.142. The SMILES string of the molecule is CCCCC(O)O[PH](=O)[O-].CCCCC(O)O[PH](=O)[O-].[Ca+2]. The number of aliphatic hydroxyl groups is 2. The molecule has 4 unspecified atom stereocenters. The summed E-state index contributed by atoms with van der Waals surface area (Å²) < 4.78 is 27.9. The Balaban J connectivity index is -0.000000295. The van der Waals surface area contributed by atoms with Crippen LogP contribution in [0.1, 0.15) is 52.4 Å². The number of hydrogen-bond acceptors (Lipinski definition) is 8. The van der Waals surface area contributed by atoms with Gasteiger partial charge in [-0.05, 0) is 25.7 Å². The van der Waals surface area contributed by atoms with Gasteiger partial charge in [0.05, 0.1) is 0 Å². The molecule has 11 heteroatoms. The van der Waals surface area contributed by atoms with Crippen LogP contribution in [0, 0.1) is 0 Å². The summed E-state index contributed by atoms with van der Waals surface area (Å²) in [5.41, 5.74) is 0. The summed E-state index contributed by atoms with van der Waals surface area (Å²) in [7, 11) is -6.43. The maximum absolute atomic E-state index is 9.86. The third kappa shape index (κ3) is 26.7. The van der Waals surface area contributed by atoms with Crippen molar-refractivity contribution in [2.75, 3.05) is 0 Å². The molecule has 0 radical (unpaired) electrons. The van der Waals surface area contributed by atoms with Gasteiger partial charge in [0, 0.05) is 0 Å². The minimum atomic E-state index is -3.21. The van der Waals surface area contributed by atoms with Crippen molar-refractivity contribution in [2.45, 2.75) is 65.0 Å². The van der Waals surface area contributed by atoms with Crippen molar-refractivity contribution in [3.63, 3.8) is 0 Å². The van der Waals surface area contributed by atoms with Gasteiger partial charge in [-0.3, -0.25) is 0 Å². The third-order valence-electron chi connectivity index (χ3n) is 2.07. The molecule has 0 aromatic carbocycles. The van der Waals surface area contributed by atoms with Crippen molar-refractivity contribution in [3.8, 4) is 0 Å². The van der Waals surface area contributed by atoms with Crippen molar-refractivity contribution in [2.24, 2.45) is 0 Å². The van der Waals surface area contributed by atoms with Gasteiger partial charge in [-0.2, -0.15) is 0 Å². The van der Waals surface area contributed by atoms with E-state index in [1.165, 1.54) is 0 Å². The number of unbranched alkanes of at least 4 members (excludes halogenated alkanes) is 2. The molecule has 124 valence electrons. The first-order chi connectivity index (χ1) is 9.33. The summed E-state index contributed by atoms with van der Waals surface area (Å²) in [5, 5.41) is 17.5. The van der Waals surface area contributed by atoms with Crippen LogP contribution in [0.2, 0.25) is 0 Å². The molecular weight excluding hydrogens is 350 g/mol. The molecule has 0 rings (SSSR count). The summed E-state index contributed by atoms with van der Waals surface area (Å²) in [5.74, 6) is 0. The fourth-order valence-electron chi connectivity index (χ4n) is 1.10. The Hall–Kier alpha value is 1.48. The predicted molar refractivity (Wildman–Crippen MR) is 77.0 cm³/mol. The van der Waals surface area contributed by atoms with Crippen LogP contribution in [0.5, 0.6) is 0 Å². The van der Waals surface area contributed by atoms with E-state index in [4.69, 9.17) is 10.2 Å². The van der Waals surface area contributed by atoms with Crippen molar-refractivity contribution in [1.82, 2.24) is 0 Å². The van der Waals surface area contributed by atoms with Gasteiger partial charge in [-0.1, -0.05) is 26.7 Å². The largest absolute Gasteiger partial charge is 2.00 e. The zero-order valence-corrected chi connectivity index (χ0v) is 16.7. The van der Waals surface area contributed by atoms with Crippen molar-refractivity contribution >= 4 is 54.2 Å². The van der Waals surface area contributed by atoms with E-state index in [9.17, 15) is 18.9 Å². The quantitative estimate of drug-likeness (QED) is 0.313. The van der Waals surface area contributed by atoms with Gasteiger partial charge in [-0.25, -0.2) is 0 Å². The normalized spacial score (nSPS) is 15.9. The average Bonchev–Trinajstić information content (AvgIpc) is 2.33. The van der Waals surface area contributed by atoms with E-state index in [0.29, 0.717) is 12.8 Å². The van der Waals surface area contributed by atoms with Crippen LogP contribution in [0.15, 0.2) is 0 Å². The summed E-state index contributed by atoms with van der Waals surface area (Å²) in [6, 6.07) is 0. The van der Waals surface area contributed by atoms with Crippen LogP contribution in [0.3, 0.4) is 0 Å². The first-order valence-corrected chi connectivity index (χ1v) is 8.89. The van der Waals surface area contributed by atoms with Gasteiger partial charge in [0.25, 0.3) is 0 Å². The molecule has 0 spiro atoms. The molecule has 0 amide bonds. The zero-order valence-electron chi connectivity index (χ0n) is 12.4. The van der Waals surface area contributed by atoms with Crippen LogP contribution >= 0.6 is 16.5 Å². The van der Waals surface area contributed by atoms with Gasteiger partial charge in [0.15, 0.2) is 12.6 Å². The zero-order chi connectivity index (χ0) is 16.0. The van der Waals surface area contributed by atoms with E-state index < -0.39 is 29.1 Å². The molecule has 0 aromatic heterocycles. The summed E-state index contributed by atoms with van der Waals surface area (Å²) >= 11 is 0.